The maximum absolute atomic E-state index is 13.0. The molecule has 4 nitrogen and oxygen atoms in total. The fourth-order valence-electron chi connectivity index (χ4n) is 3.71. The number of carbonyl (C=O) groups excluding carboxylic acids is 2. The largest absolute Gasteiger partial charge is 0.355 e. The third-order valence-electron chi connectivity index (χ3n) is 5.60. The molecule has 1 saturated carbocycles. The minimum atomic E-state index is -0.489. The van der Waals surface area contributed by atoms with Crippen LogP contribution < -0.4 is 5.32 Å². The standard InChI is InChI=1S/C19H26N2O2/c1-15(22)21-12-10-19(11-13-21,17-8-3-2-4-9-17)18(23)20-14-16-6-5-7-16/h2-4,8-9,16H,5-7,10-14H2,1H3,(H,20,23). The Morgan fingerprint density at radius 2 is 1.83 bits per heavy atom. The Hall–Kier alpha value is -1.84. The monoisotopic (exact) mass is 314 g/mol. The van der Waals surface area contributed by atoms with Gasteiger partial charge < -0.3 is 10.2 Å². The van der Waals surface area contributed by atoms with Crippen LogP contribution in [0.15, 0.2) is 30.3 Å². The van der Waals surface area contributed by atoms with Crippen molar-refractivity contribution < 1.29 is 9.59 Å². The van der Waals surface area contributed by atoms with E-state index in [9.17, 15) is 9.59 Å². The molecule has 4 heteroatoms. The summed E-state index contributed by atoms with van der Waals surface area (Å²) >= 11 is 0. The van der Waals surface area contributed by atoms with E-state index in [1.54, 1.807) is 6.92 Å². The van der Waals surface area contributed by atoms with Crippen LogP contribution in [0.4, 0.5) is 0 Å². The normalized spacial score (nSPS) is 20.7. The molecule has 23 heavy (non-hydrogen) atoms. The quantitative estimate of drug-likeness (QED) is 0.928. The zero-order valence-electron chi connectivity index (χ0n) is 13.9. The molecule has 1 aromatic carbocycles. The Balaban J connectivity index is 1.76. The van der Waals surface area contributed by atoms with E-state index in [4.69, 9.17) is 0 Å². The lowest BCUT2D eigenvalue weighted by Crippen LogP contribution is -2.53. The molecule has 1 saturated heterocycles. The van der Waals surface area contributed by atoms with E-state index in [0.29, 0.717) is 31.8 Å². The molecule has 2 amide bonds. The van der Waals surface area contributed by atoms with E-state index < -0.39 is 5.41 Å². The maximum Gasteiger partial charge on any atom is 0.230 e. The van der Waals surface area contributed by atoms with Gasteiger partial charge in [0.15, 0.2) is 0 Å². The summed E-state index contributed by atoms with van der Waals surface area (Å²) in [7, 11) is 0. The van der Waals surface area contributed by atoms with Crippen molar-refractivity contribution in [3.05, 3.63) is 35.9 Å². The average Bonchev–Trinajstić information content (AvgIpc) is 2.54. The van der Waals surface area contributed by atoms with E-state index in [-0.39, 0.29) is 11.8 Å². The second-order valence-electron chi connectivity index (χ2n) is 6.96. The van der Waals surface area contributed by atoms with Crippen LogP contribution in [0.5, 0.6) is 0 Å². The molecule has 0 bridgehead atoms. The molecular formula is C19H26N2O2. The SMILES string of the molecule is CC(=O)N1CCC(C(=O)NCC2CCC2)(c2ccccc2)CC1. The third kappa shape index (κ3) is 3.26. The van der Waals surface area contributed by atoms with Crippen LogP contribution in [0.2, 0.25) is 0 Å². The topological polar surface area (TPSA) is 49.4 Å². The average molecular weight is 314 g/mol. The molecule has 1 N–H and O–H groups in total. The Kier molecular flexibility index (Phi) is 4.69. The van der Waals surface area contributed by atoms with Gasteiger partial charge in [0, 0.05) is 26.6 Å². The van der Waals surface area contributed by atoms with Gasteiger partial charge in [-0.3, -0.25) is 9.59 Å². The van der Waals surface area contributed by atoms with Crippen LogP contribution >= 0.6 is 0 Å². The van der Waals surface area contributed by atoms with Crippen molar-refractivity contribution >= 4 is 11.8 Å². The van der Waals surface area contributed by atoms with Gasteiger partial charge >= 0.3 is 0 Å². The molecule has 0 aromatic heterocycles. The molecule has 1 aliphatic carbocycles. The van der Waals surface area contributed by atoms with Crippen LogP contribution in [-0.2, 0) is 15.0 Å². The van der Waals surface area contributed by atoms with Crippen molar-refractivity contribution in [3.63, 3.8) is 0 Å². The van der Waals surface area contributed by atoms with Gasteiger partial charge in [-0.2, -0.15) is 0 Å². The fourth-order valence-corrected chi connectivity index (χ4v) is 3.71. The number of amides is 2. The first kappa shape index (κ1) is 16.0. The molecule has 124 valence electrons. The first-order valence-electron chi connectivity index (χ1n) is 8.71. The molecule has 0 atom stereocenters. The highest BCUT2D eigenvalue weighted by molar-refractivity contribution is 5.88. The van der Waals surface area contributed by atoms with Crippen LogP contribution in [0.25, 0.3) is 0 Å². The summed E-state index contributed by atoms with van der Waals surface area (Å²) in [5.74, 6) is 0.893. The summed E-state index contributed by atoms with van der Waals surface area (Å²) in [6.45, 7) is 3.71. The van der Waals surface area contributed by atoms with Crippen LogP contribution in [0, 0.1) is 5.92 Å². The van der Waals surface area contributed by atoms with Gasteiger partial charge in [-0.05, 0) is 37.2 Å². The van der Waals surface area contributed by atoms with Crippen molar-refractivity contribution in [2.75, 3.05) is 19.6 Å². The second-order valence-corrected chi connectivity index (χ2v) is 6.96. The van der Waals surface area contributed by atoms with Crippen molar-refractivity contribution in [1.29, 1.82) is 0 Å². The molecule has 3 rings (SSSR count). The zero-order chi connectivity index (χ0) is 16.3. The Labute approximate surface area is 138 Å². The number of benzene rings is 1. The Bertz CT molecular complexity index is 558. The number of nitrogens with zero attached hydrogens (tertiary/aromatic N) is 1. The second kappa shape index (κ2) is 6.73. The van der Waals surface area contributed by atoms with Gasteiger partial charge in [0.25, 0.3) is 0 Å². The third-order valence-corrected chi connectivity index (χ3v) is 5.60. The molecule has 0 radical (unpaired) electrons. The molecule has 0 unspecified atom stereocenters. The Morgan fingerprint density at radius 3 is 2.35 bits per heavy atom. The fraction of sp³-hybridized carbons (Fsp3) is 0.579. The van der Waals surface area contributed by atoms with Crippen molar-refractivity contribution in [2.45, 2.75) is 44.4 Å². The molecule has 1 aliphatic heterocycles. The van der Waals surface area contributed by atoms with Crippen molar-refractivity contribution in [3.8, 4) is 0 Å². The minimum absolute atomic E-state index is 0.0986. The van der Waals surface area contributed by atoms with E-state index >= 15 is 0 Å². The highest BCUT2D eigenvalue weighted by atomic mass is 16.2. The van der Waals surface area contributed by atoms with Gasteiger partial charge in [-0.25, -0.2) is 0 Å². The molecule has 1 heterocycles. The number of nitrogens with one attached hydrogen (secondary N) is 1. The first-order valence-corrected chi connectivity index (χ1v) is 8.71. The number of piperidine rings is 1. The molecule has 0 spiro atoms. The number of carbonyl (C=O) groups is 2. The van der Waals surface area contributed by atoms with Gasteiger partial charge in [-0.1, -0.05) is 36.8 Å². The van der Waals surface area contributed by atoms with Crippen LogP contribution in [-0.4, -0.2) is 36.3 Å². The number of hydrogen-bond donors (Lipinski definition) is 1. The molecule has 1 aromatic rings. The first-order chi connectivity index (χ1) is 11.1. The lowest BCUT2D eigenvalue weighted by atomic mass is 9.71. The summed E-state index contributed by atoms with van der Waals surface area (Å²) in [5, 5.41) is 3.20. The van der Waals surface area contributed by atoms with Gasteiger partial charge in [0.1, 0.15) is 0 Å². The van der Waals surface area contributed by atoms with Crippen molar-refractivity contribution in [2.24, 2.45) is 5.92 Å². The Morgan fingerprint density at radius 1 is 1.17 bits per heavy atom. The number of hydrogen-bond acceptors (Lipinski definition) is 2. The van der Waals surface area contributed by atoms with Crippen LogP contribution in [0.1, 0.15) is 44.6 Å². The van der Waals surface area contributed by atoms with Crippen molar-refractivity contribution in [1.82, 2.24) is 10.2 Å². The number of likely N-dealkylation sites (tertiary alicyclic amines) is 1. The molecular weight excluding hydrogens is 288 g/mol. The lowest BCUT2D eigenvalue weighted by molar-refractivity contribution is -0.135. The van der Waals surface area contributed by atoms with Gasteiger partial charge in [0.2, 0.25) is 11.8 Å². The minimum Gasteiger partial charge on any atom is -0.355 e. The lowest BCUT2D eigenvalue weighted by Gasteiger charge is -2.41. The highest BCUT2D eigenvalue weighted by Crippen LogP contribution is 2.36. The van der Waals surface area contributed by atoms with E-state index in [1.807, 2.05) is 35.2 Å². The maximum atomic E-state index is 13.0. The van der Waals surface area contributed by atoms with E-state index in [1.165, 1.54) is 19.3 Å². The molecule has 2 fully saturated rings. The predicted molar refractivity (Wildman–Crippen MR) is 90.0 cm³/mol. The van der Waals surface area contributed by atoms with E-state index in [2.05, 4.69) is 5.32 Å². The highest BCUT2D eigenvalue weighted by Gasteiger charge is 2.43. The van der Waals surface area contributed by atoms with Gasteiger partial charge in [0.05, 0.1) is 5.41 Å². The number of rotatable bonds is 4. The smallest absolute Gasteiger partial charge is 0.230 e. The molecule has 2 aliphatic rings. The van der Waals surface area contributed by atoms with Gasteiger partial charge in [-0.15, -0.1) is 0 Å². The summed E-state index contributed by atoms with van der Waals surface area (Å²) < 4.78 is 0. The summed E-state index contributed by atoms with van der Waals surface area (Å²) in [6, 6.07) is 10.1. The van der Waals surface area contributed by atoms with E-state index in [0.717, 1.165) is 12.1 Å². The predicted octanol–water partition coefficient (Wildman–Crippen LogP) is 2.48. The summed E-state index contributed by atoms with van der Waals surface area (Å²) in [4.78, 5) is 26.5. The zero-order valence-corrected chi connectivity index (χ0v) is 13.9. The summed E-state index contributed by atoms with van der Waals surface area (Å²) in [6.07, 6.45) is 5.16. The summed E-state index contributed by atoms with van der Waals surface area (Å²) in [5.41, 5.74) is 0.589. The van der Waals surface area contributed by atoms with Crippen LogP contribution in [0.3, 0.4) is 0 Å².